The SMILES string of the molecule is NC(=O)CC(NC(=O)CNC(=O)CNC(=O)C(N)Cc1ccc(O)cc1)C(=O)NCC(=O)N1CCCC1C(=O)NC(Cc1ccc(O)cc1)C(=O)O. The highest BCUT2D eigenvalue weighted by atomic mass is 16.4. The first kappa shape index (κ1) is 40.2. The molecule has 19 nitrogen and oxygen atoms in total. The molecule has 3 rings (SSSR count). The van der Waals surface area contributed by atoms with Gasteiger partial charge in [0.2, 0.25) is 41.4 Å². The molecule has 280 valence electrons. The van der Waals surface area contributed by atoms with E-state index in [0.717, 1.165) is 0 Å². The third-order valence-electron chi connectivity index (χ3n) is 7.94. The smallest absolute Gasteiger partial charge is 0.326 e. The number of carboxylic acids is 1. The van der Waals surface area contributed by atoms with E-state index in [-0.39, 0.29) is 37.3 Å². The Hall–Kier alpha value is -6.24. The zero-order valence-electron chi connectivity index (χ0n) is 28.0. The van der Waals surface area contributed by atoms with Crippen LogP contribution in [0.2, 0.25) is 0 Å². The summed E-state index contributed by atoms with van der Waals surface area (Å²) < 4.78 is 0. The summed E-state index contributed by atoms with van der Waals surface area (Å²) in [6.07, 6.45) is 0.0641. The summed E-state index contributed by atoms with van der Waals surface area (Å²) in [5, 5.41) is 40.0. The van der Waals surface area contributed by atoms with Gasteiger partial charge < -0.3 is 58.3 Å². The van der Waals surface area contributed by atoms with Crippen molar-refractivity contribution in [2.24, 2.45) is 11.5 Å². The lowest BCUT2D eigenvalue weighted by Gasteiger charge is -2.26. The number of nitrogens with two attached hydrogens (primary N) is 2. The lowest BCUT2D eigenvalue weighted by Crippen LogP contribution is -2.55. The maximum Gasteiger partial charge on any atom is 0.326 e. The van der Waals surface area contributed by atoms with Crippen LogP contribution in [-0.4, -0.2) is 118 Å². The summed E-state index contributed by atoms with van der Waals surface area (Å²) >= 11 is 0. The van der Waals surface area contributed by atoms with E-state index in [0.29, 0.717) is 17.5 Å². The van der Waals surface area contributed by atoms with Crippen molar-refractivity contribution in [3.63, 3.8) is 0 Å². The molecule has 4 unspecified atom stereocenters. The number of nitrogens with zero attached hydrogens (tertiary/aromatic N) is 1. The summed E-state index contributed by atoms with van der Waals surface area (Å²) in [5.41, 5.74) is 12.3. The number of primary amides is 1. The highest BCUT2D eigenvalue weighted by Gasteiger charge is 2.36. The fraction of sp³-hybridized carbons (Fsp3) is 0.394. The molecule has 52 heavy (non-hydrogen) atoms. The normalized spacial score (nSPS) is 15.3. The van der Waals surface area contributed by atoms with Gasteiger partial charge in [-0.1, -0.05) is 24.3 Å². The monoisotopic (exact) mass is 726 g/mol. The van der Waals surface area contributed by atoms with Crippen LogP contribution in [0, 0.1) is 0 Å². The van der Waals surface area contributed by atoms with Crippen LogP contribution in [0.3, 0.4) is 0 Å². The molecule has 19 heteroatoms. The molecular weight excluding hydrogens is 684 g/mol. The molecular formula is C33H42N8O11. The lowest BCUT2D eigenvalue weighted by molar-refractivity contribution is -0.144. The van der Waals surface area contributed by atoms with E-state index in [1.165, 1.54) is 41.3 Å². The number of benzene rings is 2. The van der Waals surface area contributed by atoms with Crippen molar-refractivity contribution in [1.82, 2.24) is 31.5 Å². The number of phenols is 2. The summed E-state index contributed by atoms with van der Waals surface area (Å²) in [6, 6.07) is 6.97. The van der Waals surface area contributed by atoms with Crippen LogP contribution in [0.15, 0.2) is 48.5 Å². The first-order valence-electron chi connectivity index (χ1n) is 16.2. The van der Waals surface area contributed by atoms with E-state index in [4.69, 9.17) is 11.5 Å². The van der Waals surface area contributed by atoms with Gasteiger partial charge in [0.25, 0.3) is 0 Å². The molecule has 0 saturated carbocycles. The molecule has 0 radical (unpaired) electrons. The summed E-state index contributed by atoms with van der Waals surface area (Å²) in [4.78, 5) is 101. The number of hydrogen-bond donors (Lipinski definition) is 10. The van der Waals surface area contributed by atoms with Gasteiger partial charge in [-0.05, 0) is 54.7 Å². The number of nitrogens with one attached hydrogen (secondary N) is 5. The van der Waals surface area contributed by atoms with Gasteiger partial charge in [0.15, 0.2) is 0 Å². The molecule has 2 aromatic rings. The minimum atomic E-state index is -1.53. The Morgan fingerprint density at radius 3 is 1.87 bits per heavy atom. The minimum Gasteiger partial charge on any atom is -0.508 e. The summed E-state index contributed by atoms with van der Waals surface area (Å²) in [6.45, 7) is -1.65. The number of likely N-dealkylation sites (tertiary alicyclic amines) is 1. The second kappa shape index (κ2) is 19.2. The standard InChI is InChI=1S/C33H42N8O11/c34-22(12-18-3-7-20(42)8-4-18)30(48)37-15-27(45)36-16-28(46)39-23(14-26(35)44)31(49)38-17-29(47)41-11-1-2-25(41)32(50)40-24(33(51)52)13-19-5-9-21(43)10-6-19/h3-10,22-25,42-43H,1-2,11-17,34H2,(H2,35,44)(H,36,45)(H,37,48)(H,38,49)(H,39,46)(H,40,50)(H,51,52). The maximum absolute atomic E-state index is 13.0. The van der Waals surface area contributed by atoms with Crippen LogP contribution < -0.4 is 38.1 Å². The predicted octanol–water partition coefficient (Wildman–Crippen LogP) is -3.52. The summed E-state index contributed by atoms with van der Waals surface area (Å²) in [5.74, 6) is -6.87. The highest BCUT2D eigenvalue weighted by molar-refractivity contribution is 5.96. The Labute approximate surface area is 297 Å². The van der Waals surface area contributed by atoms with Gasteiger partial charge in [-0.25, -0.2) is 4.79 Å². The molecule has 1 aliphatic heterocycles. The van der Waals surface area contributed by atoms with Crippen molar-refractivity contribution in [3.8, 4) is 11.5 Å². The molecule has 0 aromatic heterocycles. The number of amides is 7. The Morgan fingerprint density at radius 1 is 0.731 bits per heavy atom. The van der Waals surface area contributed by atoms with Crippen LogP contribution >= 0.6 is 0 Å². The van der Waals surface area contributed by atoms with E-state index in [1.54, 1.807) is 12.1 Å². The molecule has 4 atom stereocenters. The molecule has 1 saturated heterocycles. The van der Waals surface area contributed by atoms with Crippen molar-refractivity contribution in [3.05, 3.63) is 59.7 Å². The van der Waals surface area contributed by atoms with E-state index in [1.807, 2.05) is 0 Å². The number of aliphatic carboxylic acids is 1. The third kappa shape index (κ3) is 12.9. The molecule has 0 bridgehead atoms. The van der Waals surface area contributed by atoms with Gasteiger partial charge in [0.05, 0.1) is 32.1 Å². The second-order valence-corrected chi connectivity index (χ2v) is 12.0. The van der Waals surface area contributed by atoms with Gasteiger partial charge in [-0.15, -0.1) is 0 Å². The van der Waals surface area contributed by atoms with Crippen molar-refractivity contribution >= 4 is 47.3 Å². The van der Waals surface area contributed by atoms with E-state index in [9.17, 15) is 53.7 Å². The van der Waals surface area contributed by atoms with Crippen molar-refractivity contribution in [1.29, 1.82) is 0 Å². The molecule has 1 aliphatic rings. The first-order valence-corrected chi connectivity index (χ1v) is 16.2. The van der Waals surface area contributed by atoms with Gasteiger partial charge in [0, 0.05) is 13.0 Å². The van der Waals surface area contributed by atoms with Crippen molar-refractivity contribution < 1.29 is 53.7 Å². The molecule has 2 aromatic carbocycles. The van der Waals surface area contributed by atoms with Gasteiger partial charge >= 0.3 is 5.97 Å². The zero-order chi connectivity index (χ0) is 38.4. The molecule has 12 N–H and O–H groups in total. The number of carbonyl (C=O) groups excluding carboxylic acids is 7. The molecule has 1 heterocycles. The van der Waals surface area contributed by atoms with Gasteiger partial charge in [-0.2, -0.15) is 0 Å². The third-order valence-corrected chi connectivity index (χ3v) is 7.94. The number of carbonyl (C=O) groups is 8. The van der Waals surface area contributed by atoms with E-state index in [2.05, 4.69) is 26.6 Å². The van der Waals surface area contributed by atoms with Gasteiger partial charge in [0.1, 0.15) is 29.6 Å². The number of rotatable bonds is 18. The summed E-state index contributed by atoms with van der Waals surface area (Å²) in [7, 11) is 0. The maximum atomic E-state index is 13.0. The van der Waals surface area contributed by atoms with Crippen LogP contribution in [0.1, 0.15) is 30.4 Å². The Morgan fingerprint density at radius 2 is 1.29 bits per heavy atom. The van der Waals surface area contributed by atoms with Crippen LogP contribution in [-0.2, 0) is 51.2 Å². The lowest BCUT2D eigenvalue weighted by atomic mass is 10.0. The van der Waals surface area contributed by atoms with Crippen molar-refractivity contribution in [2.75, 3.05) is 26.2 Å². The average Bonchev–Trinajstić information content (AvgIpc) is 3.60. The largest absolute Gasteiger partial charge is 0.508 e. The topological polar surface area (TPSA) is 313 Å². The van der Waals surface area contributed by atoms with Crippen molar-refractivity contribution in [2.45, 2.75) is 56.3 Å². The average molecular weight is 727 g/mol. The number of aromatic hydroxyl groups is 2. The fourth-order valence-electron chi connectivity index (χ4n) is 5.24. The Kier molecular flexibility index (Phi) is 14.9. The quantitative estimate of drug-likeness (QED) is 0.0715. The second-order valence-electron chi connectivity index (χ2n) is 12.0. The minimum absolute atomic E-state index is 0.00989. The van der Waals surface area contributed by atoms with Crippen LogP contribution in [0.5, 0.6) is 11.5 Å². The molecule has 1 fully saturated rings. The zero-order valence-corrected chi connectivity index (χ0v) is 28.0. The first-order chi connectivity index (χ1) is 24.6. The van der Waals surface area contributed by atoms with Gasteiger partial charge in [-0.3, -0.25) is 33.6 Å². The molecule has 0 aliphatic carbocycles. The number of phenolic OH excluding ortho intramolecular Hbond substituents is 2. The Balaban J connectivity index is 1.46. The predicted molar refractivity (Wildman–Crippen MR) is 181 cm³/mol. The van der Waals surface area contributed by atoms with Crippen LogP contribution in [0.4, 0.5) is 0 Å². The fourth-order valence-corrected chi connectivity index (χ4v) is 5.24. The van der Waals surface area contributed by atoms with E-state index >= 15 is 0 Å². The number of carboxylic acid groups (broad SMARTS) is 1. The number of hydrogen-bond acceptors (Lipinski definition) is 11. The Bertz CT molecular complexity index is 1640. The molecule has 0 spiro atoms. The highest BCUT2D eigenvalue weighted by Crippen LogP contribution is 2.18. The van der Waals surface area contributed by atoms with E-state index < -0.39 is 97.5 Å². The van der Waals surface area contributed by atoms with Crippen LogP contribution in [0.25, 0.3) is 0 Å². The molecule has 7 amide bonds.